The highest BCUT2D eigenvalue weighted by Gasteiger charge is 2.13. The maximum atomic E-state index is 13.6. The lowest BCUT2D eigenvalue weighted by atomic mass is 10.1. The third-order valence-corrected chi connectivity index (χ3v) is 4.26. The first kappa shape index (κ1) is 19.9. The number of ether oxygens (including phenoxy) is 3. The molecule has 3 rings (SSSR count). The van der Waals surface area contributed by atoms with Crippen LogP contribution in [0, 0.1) is 12.7 Å². The molecule has 0 fully saturated rings. The third kappa shape index (κ3) is 4.70. The van der Waals surface area contributed by atoms with E-state index in [9.17, 15) is 9.18 Å². The Morgan fingerprint density at radius 3 is 2.71 bits per heavy atom. The van der Waals surface area contributed by atoms with Gasteiger partial charge < -0.3 is 18.6 Å². The van der Waals surface area contributed by atoms with E-state index in [0.717, 1.165) is 27.9 Å². The number of esters is 1. The van der Waals surface area contributed by atoms with Crippen LogP contribution in [0.15, 0.2) is 40.8 Å². The molecule has 28 heavy (non-hydrogen) atoms. The second-order valence-electron chi connectivity index (χ2n) is 6.50. The molecule has 0 saturated heterocycles. The van der Waals surface area contributed by atoms with Gasteiger partial charge in [0.1, 0.15) is 36.1 Å². The Bertz CT molecular complexity index is 976. The second kappa shape index (κ2) is 8.89. The zero-order valence-corrected chi connectivity index (χ0v) is 16.2. The van der Waals surface area contributed by atoms with Gasteiger partial charge >= 0.3 is 5.97 Å². The maximum absolute atomic E-state index is 13.6. The van der Waals surface area contributed by atoms with Crippen molar-refractivity contribution in [3.8, 4) is 5.75 Å². The zero-order valence-electron chi connectivity index (χ0n) is 16.2. The summed E-state index contributed by atoms with van der Waals surface area (Å²) in [5.74, 6) is 0.376. The number of aryl methyl sites for hydroxylation is 1. The Hall–Kier alpha value is -2.86. The molecule has 0 aliphatic heterocycles. The molecule has 6 heteroatoms. The van der Waals surface area contributed by atoms with Crippen molar-refractivity contribution < 1.29 is 27.8 Å². The number of halogens is 1. The summed E-state index contributed by atoms with van der Waals surface area (Å²) in [7, 11) is 1.62. The van der Waals surface area contributed by atoms with Crippen molar-refractivity contribution in [2.45, 2.75) is 33.5 Å². The van der Waals surface area contributed by atoms with E-state index >= 15 is 0 Å². The zero-order chi connectivity index (χ0) is 20.1. The lowest BCUT2D eigenvalue weighted by molar-refractivity contribution is -0.142. The van der Waals surface area contributed by atoms with Gasteiger partial charge in [-0.05, 0) is 61.4 Å². The number of hydrogen-bond acceptors (Lipinski definition) is 5. The van der Waals surface area contributed by atoms with Crippen LogP contribution in [0.5, 0.6) is 5.75 Å². The van der Waals surface area contributed by atoms with Crippen molar-refractivity contribution >= 4 is 16.9 Å². The maximum Gasteiger partial charge on any atom is 0.310 e. The molecular weight excluding hydrogens is 363 g/mol. The SMILES string of the molecule is CCOC(=O)Cc1cc(F)ccc1OCc1cc(C)c2oc(COC)cc2c1. The van der Waals surface area contributed by atoms with Gasteiger partial charge in [0.05, 0.1) is 13.0 Å². The molecule has 0 N–H and O–H groups in total. The van der Waals surface area contributed by atoms with Gasteiger partial charge in [-0.1, -0.05) is 0 Å². The van der Waals surface area contributed by atoms with E-state index in [0.29, 0.717) is 17.9 Å². The first-order valence-electron chi connectivity index (χ1n) is 9.08. The Morgan fingerprint density at radius 1 is 1.14 bits per heavy atom. The molecule has 2 aromatic carbocycles. The van der Waals surface area contributed by atoms with Gasteiger partial charge in [0.15, 0.2) is 0 Å². The smallest absolute Gasteiger partial charge is 0.310 e. The van der Waals surface area contributed by atoms with Crippen LogP contribution < -0.4 is 4.74 Å². The summed E-state index contributed by atoms with van der Waals surface area (Å²) in [6.45, 7) is 4.67. The van der Waals surface area contributed by atoms with Gasteiger partial charge in [-0.2, -0.15) is 0 Å². The lowest BCUT2D eigenvalue weighted by Crippen LogP contribution is -2.09. The molecule has 0 bridgehead atoms. The van der Waals surface area contributed by atoms with E-state index in [1.165, 1.54) is 18.2 Å². The fourth-order valence-electron chi connectivity index (χ4n) is 3.11. The minimum atomic E-state index is -0.423. The Labute approximate surface area is 163 Å². The van der Waals surface area contributed by atoms with Crippen LogP contribution in [-0.4, -0.2) is 19.7 Å². The van der Waals surface area contributed by atoms with Crippen LogP contribution >= 0.6 is 0 Å². The average molecular weight is 386 g/mol. The number of hydrogen-bond donors (Lipinski definition) is 0. The molecular formula is C22H23FO5. The van der Waals surface area contributed by atoms with Gasteiger partial charge in [0, 0.05) is 18.1 Å². The van der Waals surface area contributed by atoms with E-state index in [-0.39, 0.29) is 19.6 Å². The first-order chi connectivity index (χ1) is 13.5. The quantitative estimate of drug-likeness (QED) is 0.525. The summed E-state index contributed by atoms with van der Waals surface area (Å²) in [5.41, 5.74) is 3.22. The predicted octanol–water partition coefficient (Wildman–Crippen LogP) is 4.71. The topological polar surface area (TPSA) is 57.9 Å². The number of methoxy groups -OCH3 is 1. The van der Waals surface area contributed by atoms with Crippen molar-refractivity contribution in [2.24, 2.45) is 0 Å². The highest BCUT2D eigenvalue weighted by Crippen LogP contribution is 2.27. The van der Waals surface area contributed by atoms with Crippen molar-refractivity contribution in [3.05, 3.63) is 64.7 Å². The number of fused-ring (bicyclic) bond motifs is 1. The highest BCUT2D eigenvalue weighted by molar-refractivity contribution is 5.82. The molecule has 1 heterocycles. The molecule has 5 nitrogen and oxygen atoms in total. The number of furan rings is 1. The fourth-order valence-corrected chi connectivity index (χ4v) is 3.11. The molecule has 0 saturated carbocycles. The fraction of sp³-hybridized carbons (Fsp3) is 0.318. The Balaban J connectivity index is 1.79. The first-order valence-corrected chi connectivity index (χ1v) is 9.08. The van der Waals surface area contributed by atoms with Crippen LogP contribution in [0.3, 0.4) is 0 Å². The van der Waals surface area contributed by atoms with Gasteiger partial charge in [0.2, 0.25) is 0 Å². The number of carbonyl (C=O) groups is 1. The summed E-state index contributed by atoms with van der Waals surface area (Å²) in [5, 5.41) is 0.969. The van der Waals surface area contributed by atoms with Gasteiger partial charge in [0.25, 0.3) is 0 Å². The Kier molecular flexibility index (Phi) is 6.31. The van der Waals surface area contributed by atoms with Gasteiger partial charge in [-0.25, -0.2) is 4.39 Å². The molecule has 0 aliphatic rings. The van der Waals surface area contributed by atoms with Crippen molar-refractivity contribution in [1.82, 2.24) is 0 Å². The molecule has 0 unspecified atom stereocenters. The average Bonchev–Trinajstić information content (AvgIpc) is 3.05. The molecule has 148 valence electrons. The molecule has 0 radical (unpaired) electrons. The molecule has 0 aliphatic carbocycles. The van der Waals surface area contributed by atoms with Crippen molar-refractivity contribution in [1.29, 1.82) is 0 Å². The second-order valence-corrected chi connectivity index (χ2v) is 6.50. The summed E-state index contributed by atoms with van der Waals surface area (Å²) >= 11 is 0. The Morgan fingerprint density at radius 2 is 1.96 bits per heavy atom. The van der Waals surface area contributed by atoms with Crippen molar-refractivity contribution in [3.63, 3.8) is 0 Å². The van der Waals surface area contributed by atoms with Gasteiger partial charge in [-0.3, -0.25) is 4.79 Å². The van der Waals surface area contributed by atoms with E-state index in [2.05, 4.69) is 0 Å². The molecule has 3 aromatic rings. The summed E-state index contributed by atoms with van der Waals surface area (Å²) in [4.78, 5) is 11.8. The van der Waals surface area contributed by atoms with Crippen LogP contribution in [0.2, 0.25) is 0 Å². The molecule has 1 aromatic heterocycles. The summed E-state index contributed by atoms with van der Waals surface area (Å²) in [6.07, 6.45) is -0.0406. The summed E-state index contributed by atoms with van der Waals surface area (Å²) < 4.78 is 35.4. The predicted molar refractivity (Wildman–Crippen MR) is 103 cm³/mol. The van der Waals surface area contributed by atoms with E-state index < -0.39 is 11.8 Å². The summed E-state index contributed by atoms with van der Waals surface area (Å²) in [6, 6.07) is 10.1. The van der Waals surface area contributed by atoms with Crippen LogP contribution in [0.25, 0.3) is 11.0 Å². The van der Waals surface area contributed by atoms with E-state index in [1.807, 2.05) is 25.1 Å². The molecule has 0 atom stereocenters. The van der Waals surface area contributed by atoms with E-state index in [4.69, 9.17) is 18.6 Å². The third-order valence-electron chi connectivity index (χ3n) is 4.26. The highest BCUT2D eigenvalue weighted by atomic mass is 19.1. The lowest BCUT2D eigenvalue weighted by Gasteiger charge is -2.12. The number of carbonyl (C=O) groups excluding carboxylic acids is 1. The normalized spacial score (nSPS) is 11.0. The van der Waals surface area contributed by atoms with Crippen LogP contribution in [0.4, 0.5) is 4.39 Å². The van der Waals surface area contributed by atoms with Crippen LogP contribution in [0.1, 0.15) is 29.4 Å². The minimum Gasteiger partial charge on any atom is -0.489 e. The van der Waals surface area contributed by atoms with E-state index in [1.54, 1.807) is 14.0 Å². The largest absolute Gasteiger partial charge is 0.489 e. The van der Waals surface area contributed by atoms with Crippen molar-refractivity contribution in [2.75, 3.05) is 13.7 Å². The number of rotatable bonds is 8. The monoisotopic (exact) mass is 386 g/mol. The minimum absolute atomic E-state index is 0.0406. The van der Waals surface area contributed by atoms with Crippen LogP contribution in [-0.2, 0) is 33.9 Å². The molecule has 0 amide bonds. The standard InChI is InChI=1S/C22H23FO5/c1-4-26-21(24)11-16-9-18(23)5-6-20(16)27-12-15-7-14(2)22-17(8-15)10-19(28-22)13-25-3/h5-10H,4,11-13H2,1-3H3. The van der Waals surface area contributed by atoms with Gasteiger partial charge in [-0.15, -0.1) is 0 Å². The number of benzene rings is 2. The molecule has 0 spiro atoms.